The van der Waals surface area contributed by atoms with Gasteiger partial charge in [0.25, 0.3) is 0 Å². The van der Waals surface area contributed by atoms with Crippen molar-refractivity contribution in [3.05, 3.63) is 0 Å². The molecule has 0 aliphatic carbocycles. The number of aliphatic hydroxyl groups is 1. The molecule has 0 aromatic rings. The van der Waals surface area contributed by atoms with Gasteiger partial charge in [-0.3, -0.25) is 10.9 Å². The van der Waals surface area contributed by atoms with Crippen LogP contribution in [0, 0.1) is 0 Å². The Morgan fingerprint density at radius 3 is 2.40 bits per heavy atom. The van der Waals surface area contributed by atoms with Crippen molar-refractivity contribution in [2.75, 3.05) is 39.3 Å². The van der Waals surface area contributed by atoms with E-state index >= 15 is 0 Å². The molecule has 1 atom stereocenters. The molecule has 0 aromatic carbocycles. The zero-order valence-electron chi connectivity index (χ0n) is 9.34. The first-order chi connectivity index (χ1) is 7.31. The Kier molecular flexibility index (Phi) is 11.6. The predicted octanol–water partition coefficient (Wildman–Crippen LogP) is -2.27. The van der Waals surface area contributed by atoms with E-state index in [0.29, 0.717) is 6.54 Å². The lowest BCUT2D eigenvalue weighted by molar-refractivity contribution is 0.174. The predicted molar refractivity (Wildman–Crippen MR) is 62.2 cm³/mol. The molecule has 0 fully saturated rings. The molecule has 15 heavy (non-hydrogen) atoms. The third kappa shape index (κ3) is 11.7. The summed E-state index contributed by atoms with van der Waals surface area (Å²) in [6.07, 6.45) is 1.59. The van der Waals surface area contributed by atoms with E-state index in [1.54, 1.807) is 0 Å². The van der Waals surface area contributed by atoms with Gasteiger partial charge in [-0.2, -0.15) is 0 Å². The Morgan fingerprint density at radius 1 is 1.00 bits per heavy atom. The molecule has 6 heteroatoms. The van der Waals surface area contributed by atoms with Crippen molar-refractivity contribution in [2.45, 2.75) is 18.9 Å². The van der Waals surface area contributed by atoms with Crippen LogP contribution in [0.5, 0.6) is 0 Å². The van der Waals surface area contributed by atoms with Gasteiger partial charge in [-0.25, -0.2) is 0 Å². The van der Waals surface area contributed by atoms with Crippen LogP contribution in [0.4, 0.5) is 0 Å². The SMILES string of the molecule is NCCCNCCCNNCC(O)CN. The number of nitrogens with two attached hydrogens (primary N) is 2. The summed E-state index contributed by atoms with van der Waals surface area (Å²) in [6.45, 7) is 4.34. The lowest BCUT2D eigenvalue weighted by atomic mass is 10.4. The molecule has 0 saturated carbocycles. The Labute approximate surface area is 91.8 Å². The number of nitrogens with one attached hydrogen (secondary N) is 3. The lowest BCUT2D eigenvalue weighted by Gasteiger charge is -2.10. The van der Waals surface area contributed by atoms with Crippen LogP contribution in [0.3, 0.4) is 0 Å². The van der Waals surface area contributed by atoms with Gasteiger partial charge in [-0.05, 0) is 32.5 Å². The van der Waals surface area contributed by atoms with E-state index in [9.17, 15) is 0 Å². The van der Waals surface area contributed by atoms with E-state index in [2.05, 4.69) is 16.2 Å². The smallest absolute Gasteiger partial charge is 0.0800 e. The molecule has 1 unspecified atom stereocenters. The fraction of sp³-hybridized carbons (Fsp3) is 1.00. The van der Waals surface area contributed by atoms with Crippen LogP contribution in [-0.4, -0.2) is 50.5 Å². The maximum atomic E-state index is 9.11. The van der Waals surface area contributed by atoms with Crippen molar-refractivity contribution >= 4 is 0 Å². The summed E-state index contributed by atoms with van der Waals surface area (Å²) < 4.78 is 0. The molecular formula is C9H25N5O. The van der Waals surface area contributed by atoms with Crippen LogP contribution in [0.1, 0.15) is 12.8 Å². The van der Waals surface area contributed by atoms with Gasteiger partial charge >= 0.3 is 0 Å². The Bertz CT molecular complexity index is 125. The van der Waals surface area contributed by atoms with Gasteiger partial charge in [-0.1, -0.05) is 0 Å². The summed E-state index contributed by atoms with van der Waals surface area (Å²) in [5, 5.41) is 12.4. The molecule has 0 radical (unpaired) electrons. The molecule has 0 saturated heterocycles. The Hall–Kier alpha value is -0.240. The van der Waals surface area contributed by atoms with E-state index in [0.717, 1.165) is 39.0 Å². The second kappa shape index (κ2) is 11.8. The van der Waals surface area contributed by atoms with E-state index in [4.69, 9.17) is 16.6 Å². The van der Waals surface area contributed by atoms with E-state index < -0.39 is 6.10 Å². The van der Waals surface area contributed by atoms with Gasteiger partial charge in [0.2, 0.25) is 0 Å². The largest absolute Gasteiger partial charge is 0.390 e. The number of rotatable bonds is 11. The fourth-order valence-electron chi connectivity index (χ4n) is 1.02. The zero-order chi connectivity index (χ0) is 11.4. The summed E-state index contributed by atoms with van der Waals surface area (Å²) in [5.41, 5.74) is 16.5. The number of hydrazine groups is 1. The highest BCUT2D eigenvalue weighted by atomic mass is 16.3. The standard InChI is InChI=1S/C9H25N5O/c10-3-1-4-12-5-2-6-13-14-8-9(15)7-11/h9,12-15H,1-8,10-11H2. The molecule has 0 amide bonds. The quantitative estimate of drug-likeness (QED) is 0.173. The van der Waals surface area contributed by atoms with Gasteiger partial charge in [0.1, 0.15) is 0 Å². The molecule has 0 rings (SSSR count). The van der Waals surface area contributed by atoms with Gasteiger partial charge in [0.15, 0.2) is 0 Å². The van der Waals surface area contributed by atoms with Crippen LogP contribution in [0.15, 0.2) is 0 Å². The first-order valence-corrected chi connectivity index (χ1v) is 5.56. The van der Waals surface area contributed by atoms with Gasteiger partial charge in [0.05, 0.1) is 6.10 Å². The Balaban J connectivity index is 2.92. The molecule has 0 aromatic heterocycles. The van der Waals surface area contributed by atoms with Gasteiger partial charge in [0, 0.05) is 19.6 Å². The van der Waals surface area contributed by atoms with Gasteiger partial charge < -0.3 is 21.9 Å². The lowest BCUT2D eigenvalue weighted by Crippen LogP contribution is -2.41. The summed E-state index contributed by atoms with van der Waals surface area (Å²) in [4.78, 5) is 0. The number of hydrogen-bond donors (Lipinski definition) is 6. The topological polar surface area (TPSA) is 108 Å². The summed E-state index contributed by atoms with van der Waals surface area (Å²) in [5.74, 6) is 0. The third-order valence-electron chi connectivity index (χ3n) is 1.95. The molecule has 0 heterocycles. The van der Waals surface area contributed by atoms with Crippen LogP contribution in [0.25, 0.3) is 0 Å². The first-order valence-electron chi connectivity index (χ1n) is 5.56. The molecule has 0 spiro atoms. The molecule has 8 N–H and O–H groups in total. The summed E-state index contributed by atoms with van der Waals surface area (Å²) in [7, 11) is 0. The average molecular weight is 219 g/mol. The highest BCUT2D eigenvalue weighted by molar-refractivity contribution is 4.57. The number of aliphatic hydroxyl groups excluding tert-OH is 1. The van der Waals surface area contributed by atoms with E-state index in [-0.39, 0.29) is 6.54 Å². The Morgan fingerprint density at radius 2 is 1.73 bits per heavy atom. The van der Waals surface area contributed by atoms with Crippen LogP contribution >= 0.6 is 0 Å². The summed E-state index contributed by atoms with van der Waals surface area (Å²) in [6, 6.07) is 0. The van der Waals surface area contributed by atoms with Crippen molar-refractivity contribution in [1.82, 2.24) is 16.2 Å². The van der Waals surface area contributed by atoms with Crippen LogP contribution < -0.4 is 27.6 Å². The normalized spacial score (nSPS) is 13.0. The molecule has 6 nitrogen and oxygen atoms in total. The highest BCUT2D eigenvalue weighted by Crippen LogP contribution is 1.75. The molecule has 0 aliphatic heterocycles. The monoisotopic (exact) mass is 219 g/mol. The number of hydrogen-bond acceptors (Lipinski definition) is 6. The minimum Gasteiger partial charge on any atom is -0.390 e. The van der Waals surface area contributed by atoms with Crippen molar-refractivity contribution in [1.29, 1.82) is 0 Å². The molecule has 0 bridgehead atoms. The highest BCUT2D eigenvalue weighted by Gasteiger charge is 1.97. The van der Waals surface area contributed by atoms with Crippen LogP contribution in [0.2, 0.25) is 0 Å². The van der Waals surface area contributed by atoms with E-state index in [1.165, 1.54) is 0 Å². The van der Waals surface area contributed by atoms with Crippen molar-refractivity contribution in [3.8, 4) is 0 Å². The third-order valence-corrected chi connectivity index (χ3v) is 1.95. The van der Waals surface area contributed by atoms with E-state index in [1.807, 2.05) is 0 Å². The minimum atomic E-state index is -0.472. The zero-order valence-corrected chi connectivity index (χ0v) is 9.34. The van der Waals surface area contributed by atoms with Crippen molar-refractivity contribution < 1.29 is 5.11 Å². The molecule has 0 aliphatic rings. The maximum Gasteiger partial charge on any atom is 0.0800 e. The molecular weight excluding hydrogens is 194 g/mol. The van der Waals surface area contributed by atoms with Gasteiger partial charge in [-0.15, -0.1) is 0 Å². The molecule has 92 valence electrons. The fourth-order valence-corrected chi connectivity index (χ4v) is 1.02. The average Bonchev–Trinajstić information content (AvgIpc) is 2.26. The minimum absolute atomic E-state index is 0.287. The van der Waals surface area contributed by atoms with Crippen molar-refractivity contribution in [2.24, 2.45) is 11.5 Å². The van der Waals surface area contributed by atoms with Crippen LogP contribution in [-0.2, 0) is 0 Å². The first kappa shape index (κ1) is 14.8. The van der Waals surface area contributed by atoms with Crippen molar-refractivity contribution in [3.63, 3.8) is 0 Å². The summed E-state index contributed by atoms with van der Waals surface area (Å²) >= 11 is 0. The second-order valence-electron chi connectivity index (χ2n) is 3.44. The maximum absolute atomic E-state index is 9.11. The second-order valence-corrected chi connectivity index (χ2v) is 3.44.